The quantitative estimate of drug-likeness (QED) is 0.0955. The number of likely N-dealkylation sites (N-methyl/N-ethyl adjacent to an activating group) is 2. The minimum atomic E-state index is -1.78. The summed E-state index contributed by atoms with van der Waals surface area (Å²) in [5.41, 5.74) is 0.566. The number of aliphatic hydroxyl groups is 2. The van der Waals surface area contributed by atoms with E-state index in [1.54, 1.807) is 58.0 Å². The van der Waals surface area contributed by atoms with Crippen LogP contribution in [0, 0.1) is 29.6 Å². The fourth-order valence-corrected chi connectivity index (χ4v) is 10.2. The van der Waals surface area contributed by atoms with Gasteiger partial charge in [-0.3, -0.25) is 43.2 Å². The number of Topliss-reactive ketones (excluding diaryl/α,β-unsaturated/α-hetero) is 1. The van der Waals surface area contributed by atoms with Crippen molar-refractivity contribution in [1.29, 1.82) is 0 Å². The number of nitrogens with one attached hydrogen (secondary N) is 3. The number of carbonyl (C=O) groups is 10. The molecular weight excluding hydrogens is 1020 g/mol. The molecule has 0 aromatic heterocycles. The van der Waals surface area contributed by atoms with E-state index in [4.69, 9.17) is 14.2 Å². The van der Waals surface area contributed by atoms with Gasteiger partial charge in [0, 0.05) is 33.6 Å². The molecule has 0 bridgehead atoms. The minimum Gasteiger partial charge on any atom is -0.497 e. The smallest absolute Gasteiger partial charge is 0.329 e. The van der Waals surface area contributed by atoms with Crippen molar-refractivity contribution in [3.8, 4) is 5.75 Å². The van der Waals surface area contributed by atoms with Gasteiger partial charge in [-0.2, -0.15) is 0 Å². The summed E-state index contributed by atoms with van der Waals surface area (Å²) in [5, 5.41) is 30.2. The number of hydrogen-bond acceptors (Lipinski definition) is 15. The second kappa shape index (κ2) is 29.2. The van der Waals surface area contributed by atoms with Crippen LogP contribution in [0.3, 0.4) is 0 Å². The average molecular weight is 1110 g/mol. The SMILES string of the molecule is CC[C@@H](C)[C@H]1NC(=O)[C@@H](NC(=O)[C@@H](CC(C)C)N(C)C(=O)[C@@H]2C=CCN2C(=O)[C@H](C)O)[C@H](C)OC(=O)[C@H](Cc2ccc(OC)cc2)N(C)C(=O)[C@@H]2CCCN2C(=O)[C@H](CC(C)C)NC(=O)[C@H](C)C(=O)[C@H](C(C)C)OC(=O)C[C@@H]1O. The monoisotopic (exact) mass is 1110 g/mol. The van der Waals surface area contributed by atoms with Crippen LogP contribution in [-0.4, -0.2) is 190 Å². The van der Waals surface area contributed by atoms with Crippen molar-refractivity contribution in [2.45, 2.75) is 188 Å². The summed E-state index contributed by atoms with van der Waals surface area (Å²) in [4.78, 5) is 148. The predicted octanol–water partition coefficient (Wildman–Crippen LogP) is 2.09. The lowest BCUT2D eigenvalue weighted by Gasteiger charge is -2.36. The van der Waals surface area contributed by atoms with E-state index < -0.39 is 150 Å². The molecule has 0 spiro atoms. The number of hydrogen-bond donors (Lipinski definition) is 5. The molecule has 440 valence electrons. The Bertz CT molecular complexity index is 2380. The van der Waals surface area contributed by atoms with Gasteiger partial charge < -0.3 is 60.0 Å². The maximum atomic E-state index is 15.0. The van der Waals surface area contributed by atoms with Crippen molar-refractivity contribution in [1.82, 2.24) is 35.6 Å². The molecule has 0 aliphatic carbocycles. The Morgan fingerprint density at radius 2 is 1.54 bits per heavy atom. The highest BCUT2D eigenvalue weighted by molar-refractivity contribution is 6.05. The number of benzene rings is 1. The maximum absolute atomic E-state index is 15.0. The minimum absolute atomic E-state index is 0.0330. The van der Waals surface area contributed by atoms with Crippen LogP contribution in [0.5, 0.6) is 5.75 Å². The van der Waals surface area contributed by atoms with Crippen LogP contribution in [0.15, 0.2) is 36.4 Å². The molecular formula is C57H87N7O15. The molecule has 5 N–H and O–H groups in total. The van der Waals surface area contributed by atoms with Gasteiger partial charge in [-0.25, -0.2) is 4.79 Å². The number of fused-ring (bicyclic) bond motifs is 1. The number of methoxy groups -OCH3 is 1. The molecule has 3 aliphatic heterocycles. The lowest BCUT2D eigenvalue weighted by atomic mass is 9.91. The molecule has 22 nitrogen and oxygen atoms in total. The third kappa shape index (κ3) is 16.8. The Hall–Kier alpha value is -6.42. The molecule has 4 rings (SSSR count). The third-order valence-electron chi connectivity index (χ3n) is 15.2. The number of ketones is 1. The summed E-state index contributed by atoms with van der Waals surface area (Å²) in [5.74, 6) is -10.5. The Morgan fingerprint density at radius 3 is 2.11 bits per heavy atom. The van der Waals surface area contributed by atoms with Gasteiger partial charge >= 0.3 is 11.9 Å². The van der Waals surface area contributed by atoms with Gasteiger partial charge in [0.15, 0.2) is 11.9 Å². The second-order valence-electron chi connectivity index (χ2n) is 22.6. The number of rotatable bonds is 15. The third-order valence-corrected chi connectivity index (χ3v) is 15.2. The van der Waals surface area contributed by atoms with Crippen molar-refractivity contribution in [3.05, 3.63) is 42.0 Å². The van der Waals surface area contributed by atoms with Crippen LogP contribution < -0.4 is 20.7 Å². The zero-order chi connectivity index (χ0) is 59.3. The Kier molecular flexibility index (Phi) is 24.0. The first-order chi connectivity index (χ1) is 37.0. The fourth-order valence-electron chi connectivity index (χ4n) is 10.2. The zero-order valence-corrected chi connectivity index (χ0v) is 48.6. The predicted molar refractivity (Wildman–Crippen MR) is 290 cm³/mol. The molecule has 2 fully saturated rings. The Morgan fingerprint density at radius 1 is 0.899 bits per heavy atom. The van der Waals surface area contributed by atoms with E-state index in [9.17, 15) is 58.2 Å². The number of esters is 2. The zero-order valence-electron chi connectivity index (χ0n) is 48.6. The highest BCUT2D eigenvalue weighted by Crippen LogP contribution is 2.27. The van der Waals surface area contributed by atoms with Crippen molar-refractivity contribution >= 4 is 59.1 Å². The van der Waals surface area contributed by atoms with Crippen LogP contribution >= 0.6 is 0 Å². The molecule has 2 saturated heterocycles. The van der Waals surface area contributed by atoms with Gasteiger partial charge in [0.05, 0.1) is 31.6 Å². The lowest BCUT2D eigenvalue weighted by molar-refractivity contribution is -0.163. The first-order valence-electron chi connectivity index (χ1n) is 27.7. The van der Waals surface area contributed by atoms with E-state index >= 15 is 0 Å². The number of ether oxygens (including phenoxy) is 3. The number of aliphatic hydroxyl groups excluding tert-OH is 2. The molecule has 3 heterocycles. The highest BCUT2D eigenvalue weighted by atomic mass is 16.6. The van der Waals surface area contributed by atoms with Crippen molar-refractivity contribution in [2.24, 2.45) is 29.6 Å². The summed E-state index contributed by atoms with van der Waals surface area (Å²) in [7, 11) is 4.25. The van der Waals surface area contributed by atoms with E-state index in [1.165, 1.54) is 62.8 Å². The topological polar surface area (TPSA) is 288 Å². The Labute approximate surface area is 465 Å². The Balaban J connectivity index is 1.89. The molecule has 0 saturated carbocycles. The summed E-state index contributed by atoms with van der Waals surface area (Å²) in [6.07, 6.45) is -2.77. The number of carbonyl (C=O) groups excluding carboxylic acids is 10. The first-order valence-corrected chi connectivity index (χ1v) is 27.7. The van der Waals surface area contributed by atoms with Crippen LogP contribution in [0.1, 0.15) is 120 Å². The largest absolute Gasteiger partial charge is 0.497 e. The normalized spacial score (nSPS) is 27.5. The number of cyclic esters (lactones) is 2. The van der Waals surface area contributed by atoms with Crippen LogP contribution in [0.4, 0.5) is 0 Å². The van der Waals surface area contributed by atoms with E-state index in [-0.39, 0.29) is 50.6 Å². The summed E-state index contributed by atoms with van der Waals surface area (Å²) in [6.45, 7) is 18.1. The molecule has 79 heavy (non-hydrogen) atoms. The van der Waals surface area contributed by atoms with Crippen LogP contribution in [0.25, 0.3) is 0 Å². The maximum Gasteiger partial charge on any atom is 0.329 e. The molecule has 13 atom stereocenters. The molecule has 0 unspecified atom stereocenters. The lowest BCUT2D eigenvalue weighted by Crippen LogP contribution is -2.62. The number of nitrogens with zero attached hydrogens (tertiary/aromatic N) is 4. The van der Waals surface area contributed by atoms with E-state index in [0.29, 0.717) is 24.2 Å². The van der Waals surface area contributed by atoms with Gasteiger partial charge in [-0.05, 0) is 87.8 Å². The van der Waals surface area contributed by atoms with E-state index in [1.807, 2.05) is 27.7 Å². The van der Waals surface area contributed by atoms with Gasteiger partial charge in [-0.15, -0.1) is 0 Å². The molecule has 7 amide bonds. The van der Waals surface area contributed by atoms with Crippen molar-refractivity contribution in [3.63, 3.8) is 0 Å². The van der Waals surface area contributed by atoms with Gasteiger partial charge in [0.25, 0.3) is 5.91 Å². The van der Waals surface area contributed by atoms with Crippen molar-refractivity contribution in [2.75, 3.05) is 34.3 Å². The van der Waals surface area contributed by atoms with Gasteiger partial charge in [0.1, 0.15) is 54.2 Å². The molecule has 1 aromatic carbocycles. The first kappa shape index (κ1) is 65.1. The summed E-state index contributed by atoms with van der Waals surface area (Å²) >= 11 is 0. The summed E-state index contributed by atoms with van der Waals surface area (Å²) < 4.78 is 17.2. The molecule has 0 radical (unpaired) electrons. The molecule has 22 heteroatoms. The van der Waals surface area contributed by atoms with E-state index in [0.717, 1.165) is 4.90 Å². The van der Waals surface area contributed by atoms with E-state index in [2.05, 4.69) is 16.0 Å². The van der Waals surface area contributed by atoms with Crippen molar-refractivity contribution < 1.29 is 72.4 Å². The standard InChI is InChI=1S/C57H87N7O15/c1-15-33(8)46-44(66)29-45(67)79-49(32(6)7)48(68)34(9)50(69)58-39(26-30(2)3)54(73)64-25-17-19-41(64)56(75)62(13)43(28-37-20-22-38(77-14)23-21-37)57(76)78-36(11)47(52(71)59-46)60-51(70)42(27-31(4)5)61(12)55(74)40-18-16-24-63(40)53(72)35(10)65/h16,18,20-23,30-36,39-44,46-47,49,65-66H,15,17,19,24-29H2,1-14H3,(H,58,69)(H,59,71)(H,60,70)/t33-,34-,35+,36+,39+,40+,41+,42-,43+,44+,46-,47+,49+/m1/s1. The van der Waals surface area contributed by atoms with Crippen LogP contribution in [-0.2, 0) is 63.8 Å². The average Bonchev–Trinajstić information content (AvgIpc) is 4.13. The molecule has 3 aliphatic rings. The van der Waals surface area contributed by atoms with Gasteiger partial charge in [0.2, 0.25) is 35.4 Å². The van der Waals surface area contributed by atoms with Crippen LogP contribution in [0.2, 0.25) is 0 Å². The molecule has 1 aromatic rings. The summed E-state index contributed by atoms with van der Waals surface area (Å²) in [6, 6.07) is -2.45. The van der Waals surface area contributed by atoms with Gasteiger partial charge in [-0.1, -0.05) is 86.1 Å². The number of amides is 7. The second-order valence-corrected chi connectivity index (χ2v) is 22.6. The fraction of sp³-hybridized carbons (Fsp3) is 0.684. The highest BCUT2D eigenvalue weighted by Gasteiger charge is 2.45.